The molecule has 0 saturated carbocycles. The number of H-pyrrole nitrogens is 1. The van der Waals surface area contributed by atoms with Crippen molar-refractivity contribution >= 4 is 34.4 Å². The predicted octanol–water partition coefficient (Wildman–Crippen LogP) is 3.53. The molecule has 3 aromatic rings. The fourth-order valence-electron chi connectivity index (χ4n) is 5.55. The minimum absolute atomic E-state index is 0.00447. The number of ether oxygens (including phenoxy) is 1. The van der Waals surface area contributed by atoms with Gasteiger partial charge in [0.15, 0.2) is 0 Å². The van der Waals surface area contributed by atoms with E-state index in [1.807, 2.05) is 31.2 Å². The molecule has 3 aliphatic heterocycles. The van der Waals surface area contributed by atoms with Gasteiger partial charge in [0.25, 0.3) is 11.8 Å². The molecule has 4 heterocycles. The quantitative estimate of drug-likeness (QED) is 0.585. The second-order valence-electron chi connectivity index (χ2n) is 9.18. The lowest BCUT2D eigenvalue weighted by atomic mass is 9.93. The third-order valence-corrected chi connectivity index (χ3v) is 7.24. The van der Waals surface area contributed by atoms with Crippen LogP contribution in [0.2, 0.25) is 0 Å². The molecule has 6 rings (SSSR count). The Hall–Kier alpha value is -3.65. The largest absolute Gasteiger partial charge is 0.376 e. The Labute approximate surface area is 196 Å². The number of amides is 4. The summed E-state index contributed by atoms with van der Waals surface area (Å²) >= 11 is 0. The van der Waals surface area contributed by atoms with Gasteiger partial charge in [0.2, 0.25) is 0 Å². The molecule has 3 atom stereocenters. The number of aromatic amines is 1. The van der Waals surface area contributed by atoms with Crippen molar-refractivity contribution < 1.29 is 19.1 Å². The molecule has 3 aliphatic rings. The van der Waals surface area contributed by atoms with Gasteiger partial charge in [0.1, 0.15) is 6.04 Å². The molecular weight excluding hydrogens is 432 g/mol. The molecule has 8 heteroatoms. The molecule has 0 bridgehead atoms. The summed E-state index contributed by atoms with van der Waals surface area (Å²) in [6, 6.07) is 13.5. The van der Waals surface area contributed by atoms with Gasteiger partial charge in [-0.3, -0.25) is 9.59 Å². The van der Waals surface area contributed by atoms with Crippen molar-refractivity contribution in [3.05, 3.63) is 65.4 Å². The third-order valence-electron chi connectivity index (χ3n) is 7.24. The standard InChI is InChI=1S/C26H26N4O4/c1-15-23-19(17-8-2-4-10-20(17)28-23)13-22-25(32)30(26(33)29(15)22)21-11-5-3-9-18(21)24(31)27-14-16-7-6-12-34-16/h2-5,8-11,15-16,22,28H,6-7,12-14H2,1H3,(H,27,31). The number of fused-ring (bicyclic) bond motifs is 4. The number of rotatable bonds is 4. The Morgan fingerprint density at radius 2 is 1.94 bits per heavy atom. The van der Waals surface area contributed by atoms with E-state index in [1.165, 1.54) is 4.90 Å². The highest BCUT2D eigenvalue weighted by molar-refractivity contribution is 6.24. The van der Waals surface area contributed by atoms with E-state index in [1.54, 1.807) is 29.2 Å². The van der Waals surface area contributed by atoms with E-state index < -0.39 is 12.1 Å². The van der Waals surface area contributed by atoms with Gasteiger partial charge in [-0.2, -0.15) is 0 Å². The SMILES string of the molecule is CC1c2[nH]c3ccccc3c2CC2C(=O)N(c3ccccc3C(=O)NCC3CCCO3)C(=O)N21. The Kier molecular flexibility index (Phi) is 4.91. The number of aromatic nitrogens is 1. The molecule has 2 N–H and O–H groups in total. The van der Waals surface area contributed by atoms with Crippen molar-refractivity contribution in [1.82, 2.24) is 15.2 Å². The molecule has 2 saturated heterocycles. The van der Waals surface area contributed by atoms with E-state index >= 15 is 0 Å². The van der Waals surface area contributed by atoms with E-state index in [4.69, 9.17) is 4.74 Å². The number of anilines is 1. The van der Waals surface area contributed by atoms with Gasteiger partial charge in [0.05, 0.1) is 23.4 Å². The molecule has 4 amide bonds. The van der Waals surface area contributed by atoms with Crippen LogP contribution in [0, 0.1) is 0 Å². The van der Waals surface area contributed by atoms with Gasteiger partial charge in [-0.05, 0) is 43.5 Å². The van der Waals surface area contributed by atoms with Crippen LogP contribution in [0.25, 0.3) is 10.9 Å². The van der Waals surface area contributed by atoms with Crippen LogP contribution in [0.4, 0.5) is 10.5 Å². The fourth-order valence-corrected chi connectivity index (χ4v) is 5.55. The smallest absolute Gasteiger partial charge is 0.332 e. The first-order chi connectivity index (χ1) is 16.5. The zero-order valence-electron chi connectivity index (χ0n) is 18.9. The number of urea groups is 1. The number of benzene rings is 2. The van der Waals surface area contributed by atoms with E-state index in [0.29, 0.717) is 30.8 Å². The summed E-state index contributed by atoms with van der Waals surface area (Å²) in [5.41, 5.74) is 3.67. The second-order valence-corrected chi connectivity index (χ2v) is 9.18. The second kappa shape index (κ2) is 7.99. The Balaban J connectivity index is 1.31. The normalized spacial score (nSPS) is 24.0. The number of carbonyl (C=O) groups excluding carboxylic acids is 3. The van der Waals surface area contributed by atoms with Crippen LogP contribution in [-0.4, -0.2) is 53.0 Å². The number of carbonyl (C=O) groups is 3. The van der Waals surface area contributed by atoms with Crippen LogP contribution in [0.1, 0.15) is 47.4 Å². The summed E-state index contributed by atoms with van der Waals surface area (Å²) in [7, 11) is 0. The van der Waals surface area contributed by atoms with E-state index in [-0.39, 0.29) is 24.0 Å². The van der Waals surface area contributed by atoms with Crippen LogP contribution in [0.15, 0.2) is 48.5 Å². The topological polar surface area (TPSA) is 94.7 Å². The minimum atomic E-state index is -0.600. The van der Waals surface area contributed by atoms with E-state index in [9.17, 15) is 14.4 Å². The van der Waals surface area contributed by atoms with Crippen molar-refractivity contribution in [1.29, 1.82) is 0 Å². The Morgan fingerprint density at radius 3 is 2.76 bits per heavy atom. The lowest BCUT2D eigenvalue weighted by Gasteiger charge is -2.33. The van der Waals surface area contributed by atoms with E-state index in [0.717, 1.165) is 35.0 Å². The first-order valence-electron chi connectivity index (χ1n) is 11.8. The van der Waals surface area contributed by atoms with Crippen molar-refractivity contribution in [3.63, 3.8) is 0 Å². The Morgan fingerprint density at radius 1 is 1.15 bits per heavy atom. The molecular formula is C26H26N4O4. The van der Waals surface area contributed by atoms with Crippen LogP contribution < -0.4 is 10.2 Å². The summed E-state index contributed by atoms with van der Waals surface area (Å²) < 4.78 is 5.59. The maximum Gasteiger partial charge on any atom is 0.332 e. The summed E-state index contributed by atoms with van der Waals surface area (Å²) in [4.78, 5) is 46.5. The number of hydrogen-bond donors (Lipinski definition) is 2. The summed E-state index contributed by atoms with van der Waals surface area (Å²) in [6.07, 6.45) is 2.34. The van der Waals surface area contributed by atoms with Crippen molar-refractivity contribution in [2.75, 3.05) is 18.1 Å². The molecule has 2 fully saturated rings. The van der Waals surface area contributed by atoms with Gasteiger partial charge in [-0.25, -0.2) is 9.69 Å². The molecule has 0 radical (unpaired) electrons. The molecule has 1 aromatic heterocycles. The Bertz CT molecular complexity index is 1310. The molecule has 3 unspecified atom stereocenters. The average molecular weight is 459 g/mol. The molecule has 34 heavy (non-hydrogen) atoms. The van der Waals surface area contributed by atoms with Crippen molar-refractivity contribution in [3.8, 4) is 0 Å². The van der Waals surface area contributed by atoms with Crippen LogP contribution >= 0.6 is 0 Å². The highest BCUT2D eigenvalue weighted by Gasteiger charge is 2.52. The minimum Gasteiger partial charge on any atom is -0.376 e. The molecule has 0 spiro atoms. The van der Waals surface area contributed by atoms with Crippen molar-refractivity contribution in [2.45, 2.75) is 44.4 Å². The number of imide groups is 1. The van der Waals surface area contributed by atoms with Gasteiger partial charge < -0.3 is 19.9 Å². The van der Waals surface area contributed by atoms with Crippen LogP contribution in [0.3, 0.4) is 0 Å². The average Bonchev–Trinajstić information content (AvgIpc) is 3.56. The number of para-hydroxylation sites is 2. The van der Waals surface area contributed by atoms with Gasteiger partial charge in [-0.15, -0.1) is 0 Å². The van der Waals surface area contributed by atoms with Gasteiger partial charge >= 0.3 is 6.03 Å². The molecule has 8 nitrogen and oxygen atoms in total. The van der Waals surface area contributed by atoms with Crippen molar-refractivity contribution in [2.24, 2.45) is 0 Å². The predicted molar refractivity (Wildman–Crippen MR) is 127 cm³/mol. The fraction of sp³-hybridized carbons (Fsp3) is 0.346. The number of nitrogens with one attached hydrogen (secondary N) is 2. The molecule has 0 aliphatic carbocycles. The van der Waals surface area contributed by atoms with E-state index in [2.05, 4.69) is 10.3 Å². The highest BCUT2D eigenvalue weighted by atomic mass is 16.5. The van der Waals surface area contributed by atoms with Gasteiger partial charge in [-0.1, -0.05) is 30.3 Å². The summed E-state index contributed by atoms with van der Waals surface area (Å²) in [5.74, 6) is -0.618. The summed E-state index contributed by atoms with van der Waals surface area (Å²) in [6.45, 7) is 3.05. The van der Waals surface area contributed by atoms with Crippen LogP contribution in [-0.2, 0) is 16.0 Å². The zero-order valence-corrected chi connectivity index (χ0v) is 18.9. The molecule has 174 valence electrons. The number of nitrogens with zero attached hydrogens (tertiary/aromatic N) is 2. The zero-order chi connectivity index (χ0) is 23.4. The maximum absolute atomic E-state index is 13.6. The summed E-state index contributed by atoms with van der Waals surface area (Å²) in [5, 5.41) is 3.98. The lowest BCUT2D eigenvalue weighted by Crippen LogP contribution is -2.42. The highest BCUT2D eigenvalue weighted by Crippen LogP contribution is 2.42. The molecule has 2 aromatic carbocycles. The third kappa shape index (κ3) is 3.13. The lowest BCUT2D eigenvalue weighted by molar-refractivity contribution is -0.120. The van der Waals surface area contributed by atoms with Gasteiger partial charge in [0, 0.05) is 36.2 Å². The first kappa shape index (κ1) is 20.9. The maximum atomic E-state index is 13.6. The number of hydrogen-bond acceptors (Lipinski definition) is 4. The van der Waals surface area contributed by atoms with Crippen LogP contribution in [0.5, 0.6) is 0 Å². The monoisotopic (exact) mass is 458 g/mol. The first-order valence-corrected chi connectivity index (χ1v) is 11.8.